The van der Waals surface area contributed by atoms with Crippen LogP contribution in [0, 0.1) is 13.8 Å². The van der Waals surface area contributed by atoms with Crippen LogP contribution >= 0.6 is 0 Å². The van der Waals surface area contributed by atoms with Crippen LogP contribution in [0.25, 0.3) is 10.8 Å². The molecule has 1 amide bonds. The Morgan fingerprint density at radius 1 is 0.923 bits per heavy atom. The summed E-state index contributed by atoms with van der Waals surface area (Å²) in [4.78, 5) is 12.6. The Kier molecular flexibility index (Phi) is 5.27. The van der Waals surface area contributed by atoms with Crippen molar-refractivity contribution >= 4 is 16.7 Å². The molecule has 134 valence electrons. The largest absolute Gasteiger partial charge is 0.481 e. The third kappa shape index (κ3) is 4.05. The van der Waals surface area contributed by atoms with Crippen LogP contribution in [0.15, 0.2) is 60.7 Å². The molecule has 0 saturated carbocycles. The molecule has 3 aromatic rings. The number of carbonyl (C=O) groups is 1. The van der Waals surface area contributed by atoms with Gasteiger partial charge in [0.05, 0.1) is 6.04 Å². The van der Waals surface area contributed by atoms with Gasteiger partial charge in [0.1, 0.15) is 5.75 Å². The highest BCUT2D eigenvalue weighted by Gasteiger charge is 2.18. The quantitative estimate of drug-likeness (QED) is 0.697. The molecule has 0 fully saturated rings. The van der Waals surface area contributed by atoms with E-state index in [0.29, 0.717) is 5.75 Å². The van der Waals surface area contributed by atoms with Gasteiger partial charge in [-0.05, 0) is 61.7 Å². The average Bonchev–Trinajstić information content (AvgIpc) is 2.63. The maximum absolute atomic E-state index is 12.6. The Hall–Kier alpha value is -2.81. The summed E-state index contributed by atoms with van der Waals surface area (Å²) in [5, 5.41) is 5.31. The molecule has 0 aliphatic heterocycles. The van der Waals surface area contributed by atoms with Crippen LogP contribution in [0.1, 0.15) is 36.6 Å². The summed E-state index contributed by atoms with van der Waals surface area (Å²) >= 11 is 0. The van der Waals surface area contributed by atoms with Crippen LogP contribution in [0.4, 0.5) is 0 Å². The van der Waals surface area contributed by atoms with Gasteiger partial charge in [0.2, 0.25) is 0 Å². The van der Waals surface area contributed by atoms with E-state index in [1.807, 2.05) is 43.3 Å². The van der Waals surface area contributed by atoms with Gasteiger partial charge in [-0.25, -0.2) is 0 Å². The third-order valence-electron chi connectivity index (χ3n) is 4.66. The van der Waals surface area contributed by atoms with Crippen LogP contribution in [0.2, 0.25) is 0 Å². The minimum absolute atomic E-state index is 0.0648. The summed E-state index contributed by atoms with van der Waals surface area (Å²) in [7, 11) is 0. The van der Waals surface area contributed by atoms with E-state index in [-0.39, 0.29) is 11.9 Å². The van der Waals surface area contributed by atoms with E-state index in [1.54, 1.807) is 6.92 Å². The molecule has 3 aromatic carbocycles. The lowest BCUT2D eigenvalue weighted by Crippen LogP contribution is -2.38. The predicted octanol–water partition coefficient (Wildman–Crippen LogP) is 5.10. The summed E-state index contributed by atoms with van der Waals surface area (Å²) in [6.07, 6.45) is -0.566. The molecule has 26 heavy (non-hydrogen) atoms. The van der Waals surface area contributed by atoms with Crippen LogP contribution < -0.4 is 10.1 Å². The van der Waals surface area contributed by atoms with E-state index in [0.717, 1.165) is 16.3 Å². The molecule has 0 saturated heterocycles. The molecule has 0 unspecified atom stereocenters. The van der Waals surface area contributed by atoms with Gasteiger partial charge in [0, 0.05) is 0 Å². The minimum atomic E-state index is -0.566. The molecule has 0 heterocycles. The topological polar surface area (TPSA) is 38.3 Å². The van der Waals surface area contributed by atoms with Gasteiger partial charge in [0.25, 0.3) is 5.91 Å². The molecular weight excluding hydrogens is 322 g/mol. The highest BCUT2D eigenvalue weighted by Crippen LogP contribution is 2.22. The first-order chi connectivity index (χ1) is 12.4. The number of carbonyl (C=O) groups excluding carboxylic acids is 1. The SMILES string of the molecule is Cc1ccc(C)c([C@H](C)NC(=O)[C@H](C)Oc2ccc3ccccc3c2)c1. The Balaban J connectivity index is 1.67. The van der Waals surface area contributed by atoms with Gasteiger partial charge in [-0.15, -0.1) is 0 Å². The molecule has 0 aliphatic carbocycles. The number of hydrogen-bond donors (Lipinski definition) is 1. The monoisotopic (exact) mass is 347 g/mol. The molecule has 3 heteroatoms. The maximum Gasteiger partial charge on any atom is 0.261 e. The molecule has 3 nitrogen and oxygen atoms in total. The summed E-state index contributed by atoms with van der Waals surface area (Å²) in [6.45, 7) is 7.90. The van der Waals surface area contributed by atoms with E-state index in [1.165, 1.54) is 11.1 Å². The van der Waals surface area contributed by atoms with E-state index in [2.05, 4.69) is 43.4 Å². The molecule has 0 aromatic heterocycles. The van der Waals surface area contributed by atoms with Crippen LogP contribution in [-0.2, 0) is 4.79 Å². The summed E-state index contributed by atoms with van der Waals surface area (Å²) in [6, 6.07) is 20.2. The second-order valence-corrected chi connectivity index (χ2v) is 6.86. The Labute approximate surface area is 155 Å². The zero-order valence-electron chi connectivity index (χ0n) is 15.7. The molecular formula is C23H25NO2. The molecule has 1 N–H and O–H groups in total. The fourth-order valence-electron chi connectivity index (χ4n) is 3.13. The second kappa shape index (κ2) is 7.61. The average molecular weight is 347 g/mol. The third-order valence-corrected chi connectivity index (χ3v) is 4.66. The summed E-state index contributed by atoms with van der Waals surface area (Å²) in [5.74, 6) is 0.581. The van der Waals surface area contributed by atoms with E-state index in [4.69, 9.17) is 4.74 Å². The van der Waals surface area contributed by atoms with Crippen molar-refractivity contribution < 1.29 is 9.53 Å². The number of ether oxygens (including phenoxy) is 1. The van der Waals surface area contributed by atoms with E-state index >= 15 is 0 Å². The van der Waals surface area contributed by atoms with Gasteiger partial charge >= 0.3 is 0 Å². The van der Waals surface area contributed by atoms with Gasteiger partial charge in [-0.2, -0.15) is 0 Å². The Morgan fingerprint density at radius 3 is 2.42 bits per heavy atom. The number of hydrogen-bond acceptors (Lipinski definition) is 2. The van der Waals surface area contributed by atoms with Crippen molar-refractivity contribution in [2.45, 2.75) is 39.8 Å². The standard InChI is InChI=1S/C23H25NO2/c1-15-9-10-16(2)22(13-15)17(3)24-23(25)18(4)26-21-12-11-19-7-5-6-8-20(19)14-21/h5-14,17-18H,1-4H3,(H,24,25)/t17-,18-/m0/s1. The number of aryl methyl sites for hydroxylation is 2. The number of fused-ring (bicyclic) bond motifs is 1. The summed E-state index contributed by atoms with van der Waals surface area (Å²) < 4.78 is 5.86. The highest BCUT2D eigenvalue weighted by molar-refractivity contribution is 5.84. The fourth-order valence-corrected chi connectivity index (χ4v) is 3.13. The number of rotatable bonds is 5. The molecule has 0 spiro atoms. The van der Waals surface area contributed by atoms with Crippen molar-refractivity contribution in [2.24, 2.45) is 0 Å². The first kappa shape index (κ1) is 18.0. The van der Waals surface area contributed by atoms with Crippen LogP contribution in [0.3, 0.4) is 0 Å². The highest BCUT2D eigenvalue weighted by atomic mass is 16.5. The van der Waals surface area contributed by atoms with Gasteiger partial charge in [-0.3, -0.25) is 4.79 Å². The van der Waals surface area contributed by atoms with Crippen molar-refractivity contribution in [3.05, 3.63) is 77.4 Å². The van der Waals surface area contributed by atoms with Crippen molar-refractivity contribution in [1.82, 2.24) is 5.32 Å². The van der Waals surface area contributed by atoms with Crippen molar-refractivity contribution in [3.63, 3.8) is 0 Å². The normalized spacial score (nSPS) is 13.2. The van der Waals surface area contributed by atoms with Crippen LogP contribution in [0.5, 0.6) is 5.75 Å². The molecule has 2 atom stereocenters. The van der Waals surface area contributed by atoms with E-state index in [9.17, 15) is 4.79 Å². The molecule has 3 rings (SSSR count). The lowest BCUT2D eigenvalue weighted by Gasteiger charge is -2.21. The zero-order chi connectivity index (χ0) is 18.7. The predicted molar refractivity (Wildman–Crippen MR) is 107 cm³/mol. The lowest BCUT2D eigenvalue weighted by atomic mass is 10.00. The zero-order valence-corrected chi connectivity index (χ0v) is 15.7. The fraction of sp³-hybridized carbons (Fsp3) is 0.261. The first-order valence-corrected chi connectivity index (χ1v) is 8.97. The van der Waals surface area contributed by atoms with E-state index < -0.39 is 6.10 Å². The smallest absolute Gasteiger partial charge is 0.261 e. The first-order valence-electron chi connectivity index (χ1n) is 8.97. The Morgan fingerprint density at radius 2 is 1.65 bits per heavy atom. The maximum atomic E-state index is 12.6. The molecule has 0 bridgehead atoms. The van der Waals surface area contributed by atoms with Gasteiger partial charge < -0.3 is 10.1 Å². The minimum Gasteiger partial charge on any atom is -0.481 e. The second-order valence-electron chi connectivity index (χ2n) is 6.86. The van der Waals surface area contributed by atoms with Crippen molar-refractivity contribution in [2.75, 3.05) is 0 Å². The number of amides is 1. The van der Waals surface area contributed by atoms with Gasteiger partial charge in [0.15, 0.2) is 6.10 Å². The summed E-state index contributed by atoms with van der Waals surface area (Å²) in [5.41, 5.74) is 3.50. The number of nitrogens with one attached hydrogen (secondary N) is 1. The lowest BCUT2D eigenvalue weighted by molar-refractivity contribution is -0.127. The molecule has 0 radical (unpaired) electrons. The Bertz CT molecular complexity index is 932. The van der Waals surface area contributed by atoms with Crippen molar-refractivity contribution in [1.29, 1.82) is 0 Å². The number of benzene rings is 3. The van der Waals surface area contributed by atoms with Gasteiger partial charge in [-0.1, -0.05) is 54.1 Å². The van der Waals surface area contributed by atoms with Crippen molar-refractivity contribution in [3.8, 4) is 5.75 Å². The van der Waals surface area contributed by atoms with Crippen LogP contribution in [-0.4, -0.2) is 12.0 Å². The molecule has 0 aliphatic rings.